The first kappa shape index (κ1) is 13.5. The Morgan fingerprint density at radius 1 is 1.10 bits per heavy atom. The van der Waals surface area contributed by atoms with Gasteiger partial charge in [-0.05, 0) is 12.0 Å². The molecule has 0 radical (unpaired) electrons. The molecule has 0 spiro atoms. The summed E-state index contributed by atoms with van der Waals surface area (Å²) in [6.45, 7) is 5.33. The third-order valence-electron chi connectivity index (χ3n) is 3.65. The summed E-state index contributed by atoms with van der Waals surface area (Å²) in [4.78, 5) is 31.1. The van der Waals surface area contributed by atoms with Crippen LogP contribution < -0.4 is 15.4 Å². The van der Waals surface area contributed by atoms with E-state index in [1.807, 2.05) is 12.4 Å². The van der Waals surface area contributed by atoms with Gasteiger partial charge >= 0.3 is 0 Å². The molecule has 1 aliphatic rings. The van der Waals surface area contributed by atoms with Gasteiger partial charge in [0.25, 0.3) is 5.56 Å². The van der Waals surface area contributed by atoms with E-state index >= 15 is 0 Å². The zero-order valence-corrected chi connectivity index (χ0v) is 12.0. The summed E-state index contributed by atoms with van der Waals surface area (Å²) < 4.78 is 0. The first-order valence-electron chi connectivity index (χ1n) is 7.12. The lowest BCUT2D eigenvalue weighted by Gasteiger charge is -2.35. The van der Waals surface area contributed by atoms with Crippen molar-refractivity contribution >= 4 is 11.8 Å². The summed E-state index contributed by atoms with van der Waals surface area (Å²) in [5.74, 6) is 1.49. The summed E-state index contributed by atoms with van der Waals surface area (Å²) in [7, 11) is 0. The van der Waals surface area contributed by atoms with Crippen molar-refractivity contribution in [3.8, 4) is 0 Å². The SMILES string of the molecule is CCc1cnc(N2CCN(c3cc(=O)[nH]cn3)CC2)nc1. The molecule has 3 rings (SSSR count). The molecule has 0 atom stereocenters. The molecule has 2 aromatic heterocycles. The fourth-order valence-corrected chi connectivity index (χ4v) is 2.36. The number of piperazine rings is 1. The van der Waals surface area contributed by atoms with Gasteiger partial charge in [0.05, 0.1) is 6.33 Å². The normalized spacial score (nSPS) is 15.3. The molecule has 0 amide bonds. The topological polar surface area (TPSA) is 78.0 Å². The third-order valence-corrected chi connectivity index (χ3v) is 3.65. The van der Waals surface area contributed by atoms with E-state index in [9.17, 15) is 4.79 Å². The Morgan fingerprint density at radius 3 is 2.38 bits per heavy atom. The van der Waals surface area contributed by atoms with Gasteiger partial charge in [-0.15, -0.1) is 0 Å². The molecule has 1 fully saturated rings. The largest absolute Gasteiger partial charge is 0.353 e. The van der Waals surface area contributed by atoms with Crippen molar-refractivity contribution in [2.45, 2.75) is 13.3 Å². The van der Waals surface area contributed by atoms with Crippen molar-refractivity contribution in [3.63, 3.8) is 0 Å². The van der Waals surface area contributed by atoms with Gasteiger partial charge in [-0.3, -0.25) is 4.79 Å². The third kappa shape index (κ3) is 3.01. The molecule has 1 aliphatic heterocycles. The molecule has 7 nitrogen and oxygen atoms in total. The van der Waals surface area contributed by atoms with Crippen LogP contribution in [0.3, 0.4) is 0 Å². The molecule has 110 valence electrons. The quantitative estimate of drug-likeness (QED) is 0.882. The number of rotatable bonds is 3. The molecule has 0 aliphatic carbocycles. The lowest BCUT2D eigenvalue weighted by atomic mass is 10.3. The molecule has 0 saturated carbocycles. The average molecular weight is 286 g/mol. The van der Waals surface area contributed by atoms with Crippen LogP contribution in [0.1, 0.15) is 12.5 Å². The van der Waals surface area contributed by atoms with Crippen LogP contribution in [0.15, 0.2) is 29.6 Å². The van der Waals surface area contributed by atoms with Crippen LogP contribution >= 0.6 is 0 Å². The number of aromatic nitrogens is 4. The number of nitrogens with one attached hydrogen (secondary N) is 1. The van der Waals surface area contributed by atoms with Gasteiger partial charge in [0, 0.05) is 44.6 Å². The number of aromatic amines is 1. The van der Waals surface area contributed by atoms with Crippen LogP contribution in [0, 0.1) is 0 Å². The summed E-state index contributed by atoms with van der Waals surface area (Å²) >= 11 is 0. The molecule has 2 aromatic rings. The van der Waals surface area contributed by atoms with Gasteiger partial charge in [0.1, 0.15) is 5.82 Å². The molecule has 0 aromatic carbocycles. The van der Waals surface area contributed by atoms with Gasteiger partial charge in [0.2, 0.25) is 5.95 Å². The van der Waals surface area contributed by atoms with Crippen LogP contribution in [-0.4, -0.2) is 46.1 Å². The van der Waals surface area contributed by atoms with Crippen LogP contribution in [0.25, 0.3) is 0 Å². The maximum Gasteiger partial charge on any atom is 0.252 e. The number of nitrogens with zero attached hydrogens (tertiary/aromatic N) is 5. The van der Waals surface area contributed by atoms with Gasteiger partial charge in [-0.2, -0.15) is 0 Å². The summed E-state index contributed by atoms with van der Waals surface area (Å²) in [6, 6.07) is 1.53. The Labute approximate surface area is 122 Å². The van der Waals surface area contributed by atoms with E-state index < -0.39 is 0 Å². The maximum atomic E-state index is 11.3. The van der Waals surface area contributed by atoms with Crippen molar-refractivity contribution in [2.75, 3.05) is 36.0 Å². The number of aryl methyl sites for hydroxylation is 1. The summed E-state index contributed by atoms with van der Waals surface area (Å²) in [5, 5.41) is 0. The predicted molar refractivity (Wildman–Crippen MR) is 80.7 cm³/mol. The molecule has 21 heavy (non-hydrogen) atoms. The van der Waals surface area contributed by atoms with Crippen molar-refractivity contribution in [1.29, 1.82) is 0 Å². The highest BCUT2D eigenvalue weighted by Crippen LogP contribution is 2.14. The maximum absolute atomic E-state index is 11.3. The van der Waals surface area contributed by atoms with E-state index in [0.717, 1.165) is 49.9 Å². The van der Waals surface area contributed by atoms with Gasteiger partial charge in [0.15, 0.2) is 0 Å². The van der Waals surface area contributed by atoms with Crippen molar-refractivity contribution in [2.24, 2.45) is 0 Å². The minimum atomic E-state index is -0.124. The van der Waals surface area contributed by atoms with E-state index in [1.165, 1.54) is 12.4 Å². The van der Waals surface area contributed by atoms with Crippen molar-refractivity contribution < 1.29 is 0 Å². The second-order valence-corrected chi connectivity index (χ2v) is 4.99. The monoisotopic (exact) mass is 286 g/mol. The highest BCUT2D eigenvalue weighted by Gasteiger charge is 2.19. The average Bonchev–Trinajstić information content (AvgIpc) is 2.55. The molecular formula is C14H18N6O. The van der Waals surface area contributed by atoms with E-state index in [1.54, 1.807) is 0 Å². The zero-order chi connectivity index (χ0) is 14.7. The molecule has 7 heteroatoms. The second-order valence-electron chi connectivity index (χ2n) is 4.99. The van der Waals surface area contributed by atoms with Crippen molar-refractivity contribution in [3.05, 3.63) is 40.7 Å². The highest BCUT2D eigenvalue weighted by atomic mass is 16.1. The smallest absolute Gasteiger partial charge is 0.252 e. The Hall–Kier alpha value is -2.44. The Morgan fingerprint density at radius 2 is 1.76 bits per heavy atom. The first-order valence-corrected chi connectivity index (χ1v) is 7.12. The highest BCUT2D eigenvalue weighted by molar-refractivity contribution is 5.41. The minimum absolute atomic E-state index is 0.124. The van der Waals surface area contributed by atoms with Gasteiger partial charge in [-0.1, -0.05) is 6.92 Å². The van der Waals surface area contributed by atoms with E-state index in [2.05, 4.69) is 36.7 Å². The van der Waals surface area contributed by atoms with Crippen molar-refractivity contribution in [1.82, 2.24) is 19.9 Å². The Balaban J connectivity index is 1.65. The van der Waals surface area contributed by atoms with Crippen LogP contribution in [0.2, 0.25) is 0 Å². The van der Waals surface area contributed by atoms with Gasteiger partial charge < -0.3 is 14.8 Å². The lowest BCUT2D eigenvalue weighted by Crippen LogP contribution is -2.47. The summed E-state index contributed by atoms with van der Waals surface area (Å²) in [6.07, 6.45) is 6.15. The first-order chi connectivity index (χ1) is 10.3. The summed E-state index contributed by atoms with van der Waals surface area (Å²) in [5.41, 5.74) is 1.02. The number of H-pyrrole nitrogens is 1. The molecule has 0 bridgehead atoms. The van der Waals surface area contributed by atoms with Crippen LogP contribution in [-0.2, 0) is 6.42 Å². The Bertz CT molecular complexity index is 645. The molecular weight excluding hydrogens is 268 g/mol. The fourth-order valence-electron chi connectivity index (χ4n) is 2.36. The lowest BCUT2D eigenvalue weighted by molar-refractivity contribution is 0.633. The van der Waals surface area contributed by atoms with Crippen LogP contribution in [0.5, 0.6) is 0 Å². The number of anilines is 2. The second kappa shape index (κ2) is 5.90. The van der Waals surface area contributed by atoms with E-state index in [0.29, 0.717) is 0 Å². The molecule has 1 N–H and O–H groups in total. The van der Waals surface area contributed by atoms with Crippen LogP contribution in [0.4, 0.5) is 11.8 Å². The minimum Gasteiger partial charge on any atom is -0.353 e. The predicted octanol–water partition coefficient (Wildman–Crippen LogP) is 0.449. The molecule has 1 saturated heterocycles. The number of hydrogen-bond donors (Lipinski definition) is 1. The molecule has 0 unspecified atom stereocenters. The standard InChI is InChI=1S/C14H18N6O/c1-2-11-8-15-14(16-9-11)20-5-3-19(4-6-20)12-7-13(21)18-10-17-12/h7-10H,2-6H2,1H3,(H,17,18,21). The zero-order valence-electron chi connectivity index (χ0n) is 12.0. The Kier molecular flexibility index (Phi) is 3.81. The fraction of sp³-hybridized carbons (Fsp3) is 0.429. The van der Waals surface area contributed by atoms with Gasteiger partial charge in [-0.25, -0.2) is 15.0 Å². The number of hydrogen-bond acceptors (Lipinski definition) is 6. The van der Waals surface area contributed by atoms with E-state index in [4.69, 9.17) is 0 Å². The van der Waals surface area contributed by atoms with E-state index in [-0.39, 0.29) is 5.56 Å². The molecule has 3 heterocycles.